The Bertz CT molecular complexity index is 508. The third-order valence-corrected chi connectivity index (χ3v) is 3.13. The number of rotatable bonds is 4. The Labute approximate surface area is 114 Å². The zero-order chi connectivity index (χ0) is 12.3. The van der Waals surface area contributed by atoms with E-state index < -0.39 is 0 Å². The quantitative estimate of drug-likeness (QED) is 0.866. The van der Waals surface area contributed by atoms with Gasteiger partial charge in [0.1, 0.15) is 11.5 Å². The van der Waals surface area contributed by atoms with Crippen LogP contribution in [0.25, 0.3) is 11.5 Å². The highest BCUT2D eigenvalue weighted by Crippen LogP contribution is 2.19. The Morgan fingerprint density at radius 3 is 2.94 bits per heavy atom. The second-order valence-corrected chi connectivity index (χ2v) is 4.82. The highest BCUT2D eigenvalue weighted by molar-refractivity contribution is 14.1. The molecule has 0 fully saturated rings. The van der Waals surface area contributed by atoms with E-state index in [9.17, 15) is 0 Å². The van der Waals surface area contributed by atoms with E-state index in [1.54, 1.807) is 10.9 Å². The fourth-order valence-corrected chi connectivity index (χ4v) is 1.90. The number of hydrogen-bond acceptors (Lipinski definition) is 4. The number of aromatic nitrogens is 4. The molecule has 0 bridgehead atoms. The van der Waals surface area contributed by atoms with Crippen LogP contribution >= 0.6 is 22.6 Å². The summed E-state index contributed by atoms with van der Waals surface area (Å²) in [5.74, 6) is 1.59. The topological polar surface area (TPSA) is 55.6 Å². The van der Waals surface area contributed by atoms with E-state index in [2.05, 4.69) is 49.9 Å². The normalized spacial score (nSPS) is 10.5. The van der Waals surface area contributed by atoms with Gasteiger partial charge >= 0.3 is 0 Å². The van der Waals surface area contributed by atoms with Crippen molar-refractivity contribution >= 4 is 28.4 Å². The molecule has 5 nitrogen and oxygen atoms in total. The number of nitrogens with zero attached hydrogens (tertiary/aromatic N) is 4. The van der Waals surface area contributed by atoms with E-state index in [-0.39, 0.29) is 0 Å². The molecular weight excluding hydrogens is 329 g/mol. The smallest absolute Gasteiger partial charge is 0.179 e. The molecule has 0 amide bonds. The summed E-state index contributed by atoms with van der Waals surface area (Å²) in [5, 5.41) is 7.42. The first kappa shape index (κ1) is 12.3. The highest BCUT2D eigenvalue weighted by atomic mass is 127. The SMILES string of the molecule is CCCNc1nc(-c2ccnn2C)ncc1I. The van der Waals surface area contributed by atoms with Crippen LogP contribution < -0.4 is 5.32 Å². The molecule has 0 unspecified atom stereocenters. The minimum atomic E-state index is 0.698. The summed E-state index contributed by atoms with van der Waals surface area (Å²) in [7, 11) is 1.88. The molecule has 0 aliphatic rings. The van der Waals surface area contributed by atoms with Crippen molar-refractivity contribution in [3.05, 3.63) is 22.0 Å². The second-order valence-electron chi connectivity index (χ2n) is 3.66. The van der Waals surface area contributed by atoms with Gasteiger partial charge in [-0.1, -0.05) is 6.92 Å². The molecule has 2 heterocycles. The van der Waals surface area contributed by atoms with Crippen LogP contribution in [0.1, 0.15) is 13.3 Å². The third-order valence-electron chi connectivity index (χ3n) is 2.34. The zero-order valence-electron chi connectivity index (χ0n) is 9.81. The monoisotopic (exact) mass is 343 g/mol. The van der Waals surface area contributed by atoms with Gasteiger partial charge in [0.25, 0.3) is 0 Å². The fraction of sp³-hybridized carbons (Fsp3) is 0.364. The second kappa shape index (κ2) is 5.44. The summed E-state index contributed by atoms with van der Waals surface area (Å²) >= 11 is 2.23. The predicted molar refractivity (Wildman–Crippen MR) is 75.7 cm³/mol. The zero-order valence-corrected chi connectivity index (χ0v) is 12.0. The largest absolute Gasteiger partial charge is 0.369 e. The molecule has 0 aliphatic heterocycles. The Balaban J connectivity index is 2.34. The van der Waals surface area contributed by atoms with Crippen LogP contribution in [0.3, 0.4) is 0 Å². The number of halogens is 1. The molecule has 0 atom stereocenters. The van der Waals surface area contributed by atoms with Crippen LogP contribution in [0.2, 0.25) is 0 Å². The molecule has 0 aliphatic carbocycles. The van der Waals surface area contributed by atoms with Gasteiger partial charge < -0.3 is 5.32 Å². The van der Waals surface area contributed by atoms with Gasteiger partial charge in [-0.3, -0.25) is 4.68 Å². The van der Waals surface area contributed by atoms with Crippen molar-refractivity contribution in [1.29, 1.82) is 0 Å². The van der Waals surface area contributed by atoms with Crippen LogP contribution in [0.5, 0.6) is 0 Å². The van der Waals surface area contributed by atoms with Gasteiger partial charge in [0.2, 0.25) is 0 Å². The first-order chi connectivity index (χ1) is 8.22. The van der Waals surface area contributed by atoms with Gasteiger partial charge in [-0.25, -0.2) is 9.97 Å². The van der Waals surface area contributed by atoms with Gasteiger partial charge in [0.15, 0.2) is 5.82 Å². The lowest BCUT2D eigenvalue weighted by Gasteiger charge is -2.08. The molecule has 90 valence electrons. The van der Waals surface area contributed by atoms with Crippen molar-refractivity contribution in [1.82, 2.24) is 19.7 Å². The first-order valence-corrected chi connectivity index (χ1v) is 6.55. The van der Waals surface area contributed by atoms with Gasteiger partial charge in [0.05, 0.1) is 3.57 Å². The lowest BCUT2D eigenvalue weighted by atomic mass is 10.4. The van der Waals surface area contributed by atoms with Gasteiger partial charge in [-0.15, -0.1) is 0 Å². The summed E-state index contributed by atoms with van der Waals surface area (Å²) in [5.41, 5.74) is 0.918. The molecule has 2 aromatic heterocycles. The van der Waals surface area contributed by atoms with E-state index in [0.29, 0.717) is 5.82 Å². The van der Waals surface area contributed by atoms with Gasteiger partial charge in [0, 0.05) is 26.0 Å². The Morgan fingerprint density at radius 1 is 1.47 bits per heavy atom. The number of anilines is 1. The van der Waals surface area contributed by atoms with E-state index in [1.165, 1.54) is 0 Å². The van der Waals surface area contributed by atoms with Crippen molar-refractivity contribution in [2.75, 3.05) is 11.9 Å². The Kier molecular flexibility index (Phi) is 3.93. The molecule has 0 spiro atoms. The highest BCUT2D eigenvalue weighted by Gasteiger charge is 2.09. The lowest BCUT2D eigenvalue weighted by molar-refractivity contribution is 0.769. The van der Waals surface area contributed by atoms with Crippen molar-refractivity contribution < 1.29 is 0 Å². The molecule has 2 rings (SSSR count). The maximum absolute atomic E-state index is 4.52. The van der Waals surface area contributed by atoms with Gasteiger partial charge in [-0.05, 0) is 35.1 Å². The summed E-state index contributed by atoms with van der Waals surface area (Å²) in [4.78, 5) is 8.85. The molecular formula is C11H14IN5. The number of nitrogens with one attached hydrogen (secondary N) is 1. The van der Waals surface area contributed by atoms with Crippen LogP contribution in [-0.4, -0.2) is 26.3 Å². The average molecular weight is 343 g/mol. The van der Waals surface area contributed by atoms with Crippen LogP contribution in [-0.2, 0) is 7.05 Å². The Hall–Kier alpha value is -1.18. The summed E-state index contributed by atoms with van der Waals surface area (Å²) in [6, 6.07) is 1.91. The van der Waals surface area contributed by atoms with Crippen molar-refractivity contribution in [3.63, 3.8) is 0 Å². The maximum Gasteiger partial charge on any atom is 0.179 e. The summed E-state index contributed by atoms with van der Waals surface area (Å²) in [6.07, 6.45) is 4.64. The summed E-state index contributed by atoms with van der Waals surface area (Å²) < 4.78 is 2.80. The van der Waals surface area contributed by atoms with Crippen LogP contribution in [0, 0.1) is 3.57 Å². The van der Waals surface area contributed by atoms with Crippen LogP contribution in [0.15, 0.2) is 18.5 Å². The van der Waals surface area contributed by atoms with Crippen molar-refractivity contribution in [2.24, 2.45) is 7.05 Å². The van der Waals surface area contributed by atoms with E-state index in [0.717, 1.165) is 28.0 Å². The molecule has 2 aromatic rings. The van der Waals surface area contributed by atoms with E-state index in [4.69, 9.17) is 0 Å². The molecule has 0 radical (unpaired) electrons. The molecule has 17 heavy (non-hydrogen) atoms. The number of hydrogen-bond donors (Lipinski definition) is 1. The van der Waals surface area contributed by atoms with Crippen molar-refractivity contribution in [2.45, 2.75) is 13.3 Å². The van der Waals surface area contributed by atoms with E-state index in [1.807, 2.05) is 19.3 Å². The number of aryl methyl sites for hydroxylation is 1. The minimum Gasteiger partial charge on any atom is -0.369 e. The molecule has 6 heteroatoms. The predicted octanol–water partition coefficient (Wildman–Crippen LogP) is 2.30. The fourth-order valence-electron chi connectivity index (χ4n) is 1.45. The Morgan fingerprint density at radius 2 is 2.29 bits per heavy atom. The molecule has 0 aromatic carbocycles. The summed E-state index contributed by atoms with van der Waals surface area (Å²) in [6.45, 7) is 3.04. The lowest BCUT2D eigenvalue weighted by Crippen LogP contribution is -2.06. The molecule has 0 saturated heterocycles. The standard InChI is InChI=1S/C11H14IN5/c1-3-5-13-10-8(12)7-14-11(16-10)9-4-6-15-17(9)2/h4,6-7H,3,5H2,1-2H3,(H,13,14,16). The minimum absolute atomic E-state index is 0.698. The molecule has 1 N–H and O–H groups in total. The first-order valence-electron chi connectivity index (χ1n) is 5.47. The molecule has 0 saturated carbocycles. The third kappa shape index (κ3) is 2.74. The maximum atomic E-state index is 4.52. The van der Waals surface area contributed by atoms with Crippen LogP contribution in [0.4, 0.5) is 5.82 Å². The van der Waals surface area contributed by atoms with Crippen molar-refractivity contribution in [3.8, 4) is 11.5 Å². The van der Waals surface area contributed by atoms with E-state index >= 15 is 0 Å². The average Bonchev–Trinajstić information content (AvgIpc) is 2.75. The van der Waals surface area contributed by atoms with Gasteiger partial charge in [-0.2, -0.15) is 5.10 Å².